The van der Waals surface area contributed by atoms with Gasteiger partial charge in [-0.3, -0.25) is 19.2 Å². The maximum atomic E-state index is 13.0. The van der Waals surface area contributed by atoms with Crippen LogP contribution in [0.15, 0.2) is 54.6 Å². The molecule has 0 radical (unpaired) electrons. The van der Waals surface area contributed by atoms with Gasteiger partial charge in [0.1, 0.15) is 17.3 Å². The predicted molar refractivity (Wildman–Crippen MR) is 128 cm³/mol. The van der Waals surface area contributed by atoms with Crippen LogP contribution in [0.3, 0.4) is 0 Å². The molecular weight excluding hydrogens is 436 g/mol. The molecule has 2 aromatic rings. The van der Waals surface area contributed by atoms with Crippen molar-refractivity contribution in [1.82, 2.24) is 16.0 Å². The van der Waals surface area contributed by atoms with Gasteiger partial charge in [0.2, 0.25) is 23.6 Å². The molecule has 2 aromatic carbocycles. The molecule has 0 fully saturated rings. The van der Waals surface area contributed by atoms with Gasteiger partial charge in [-0.05, 0) is 43.5 Å². The number of nitrogens with one attached hydrogen (secondary N) is 3. The molecule has 0 saturated carbocycles. The highest BCUT2D eigenvalue weighted by Crippen LogP contribution is 2.11. The fraction of sp³-hybridized carbons (Fsp3) is 0.360. The van der Waals surface area contributed by atoms with Crippen molar-refractivity contribution in [3.8, 4) is 5.75 Å². The zero-order valence-corrected chi connectivity index (χ0v) is 19.5. The average Bonchev–Trinajstić information content (AvgIpc) is 2.79. The summed E-state index contributed by atoms with van der Waals surface area (Å²) in [6.45, 7) is 3.50. The van der Waals surface area contributed by atoms with E-state index in [2.05, 4.69) is 16.0 Å². The predicted octanol–water partition coefficient (Wildman–Crippen LogP) is 0.939. The van der Waals surface area contributed by atoms with Crippen LogP contribution < -0.4 is 21.7 Å². The first-order chi connectivity index (χ1) is 16.1. The number of phenols is 1. The molecule has 0 aliphatic carbocycles. The Bertz CT molecular complexity index is 990. The first kappa shape index (κ1) is 26.4. The second kappa shape index (κ2) is 12.4. The quantitative estimate of drug-likeness (QED) is 0.314. The monoisotopic (exact) mass is 468 g/mol. The molecule has 0 aliphatic rings. The summed E-state index contributed by atoms with van der Waals surface area (Å²) in [6.07, 6.45) is 0.519. The van der Waals surface area contributed by atoms with Crippen LogP contribution in [0.1, 0.15) is 37.8 Å². The van der Waals surface area contributed by atoms with Crippen molar-refractivity contribution in [3.05, 3.63) is 65.7 Å². The third-order valence-corrected chi connectivity index (χ3v) is 5.17. The summed E-state index contributed by atoms with van der Waals surface area (Å²) in [5.74, 6) is -1.81. The Balaban J connectivity index is 1.99. The first-order valence-electron chi connectivity index (χ1n) is 11.1. The van der Waals surface area contributed by atoms with Crippen LogP contribution in [0, 0.1) is 0 Å². The molecule has 4 amide bonds. The normalized spacial score (nSPS) is 11.8. The lowest BCUT2D eigenvalue weighted by Crippen LogP contribution is -2.59. The Morgan fingerprint density at radius 2 is 1.59 bits per heavy atom. The van der Waals surface area contributed by atoms with E-state index >= 15 is 0 Å². The molecule has 182 valence electrons. The van der Waals surface area contributed by atoms with Gasteiger partial charge in [0.15, 0.2) is 0 Å². The number of carbonyl (C=O) groups excluding carboxylic acids is 4. The van der Waals surface area contributed by atoms with Crippen LogP contribution in [-0.2, 0) is 32.0 Å². The second-order valence-electron chi connectivity index (χ2n) is 8.56. The van der Waals surface area contributed by atoms with Crippen LogP contribution in [0.2, 0.25) is 0 Å². The van der Waals surface area contributed by atoms with Gasteiger partial charge in [0.25, 0.3) is 0 Å². The number of amides is 4. The van der Waals surface area contributed by atoms with Crippen LogP contribution >= 0.6 is 0 Å². The summed E-state index contributed by atoms with van der Waals surface area (Å²) in [6, 6.07) is 14.9. The van der Waals surface area contributed by atoms with E-state index in [1.807, 2.05) is 30.3 Å². The van der Waals surface area contributed by atoms with E-state index in [9.17, 15) is 24.3 Å². The molecule has 1 atom stereocenters. The lowest BCUT2D eigenvalue weighted by Gasteiger charge is -2.28. The number of hydrogen-bond donors (Lipinski definition) is 5. The van der Waals surface area contributed by atoms with Crippen molar-refractivity contribution < 1.29 is 24.3 Å². The number of phenolic OH excluding ortho intramolecular Hbond substituents is 1. The number of primary amides is 1. The number of nitrogens with two attached hydrogens (primary N) is 1. The molecule has 0 bridgehead atoms. The number of rotatable bonds is 12. The van der Waals surface area contributed by atoms with Gasteiger partial charge in [-0.25, -0.2) is 0 Å². The van der Waals surface area contributed by atoms with Crippen LogP contribution in [-0.4, -0.2) is 46.9 Å². The van der Waals surface area contributed by atoms with E-state index in [-0.39, 0.29) is 30.9 Å². The standard InChI is InChI=1S/C25H32N4O5/c1-25(2,24(34)27-15-14-17-8-10-19(30)11-9-17)29-23(33)20(16-18-6-4-3-5-7-18)28-22(32)13-12-21(26)31/h3-11,20,30H,12-16H2,1-2H3,(H2,26,31)(H,27,34)(H,28,32)(H,29,33)/t20-/m0/s1. The van der Waals surface area contributed by atoms with Gasteiger partial charge >= 0.3 is 0 Å². The molecule has 0 heterocycles. The summed E-state index contributed by atoms with van der Waals surface area (Å²) >= 11 is 0. The summed E-state index contributed by atoms with van der Waals surface area (Å²) in [5, 5.41) is 17.5. The van der Waals surface area contributed by atoms with Crippen molar-refractivity contribution in [2.24, 2.45) is 5.73 Å². The van der Waals surface area contributed by atoms with Crippen molar-refractivity contribution in [2.45, 2.75) is 51.1 Å². The minimum atomic E-state index is -1.24. The van der Waals surface area contributed by atoms with Gasteiger partial charge in [-0.1, -0.05) is 42.5 Å². The summed E-state index contributed by atoms with van der Waals surface area (Å²) in [7, 11) is 0. The molecular formula is C25H32N4O5. The lowest BCUT2D eigenvalue weighted by molar-refractivity contribution is -0.134. The molecule has 6 N–H and O–H groups in total. The minimum absolute atomic E-state index is 0.125. The highest BCUT2D eigenvalue weighted by atomic mass is 16.3. The molecule has 2 rings (SSSR count). The minimum Gasteiger partial charge on any atom is -0.508 e. The first-order valence-corrected chi connectivity index (χ1v) is 11.1. The molecule has 0 aromatic heterocycles. The molecule has 0 aliphatic heterocycles. The lowest BCUT2D eigenvalue weighted by atomic mass is 10.0. The van der Waals surface area contributed by atoms with Gasteiger partial charge in [-0.15, -0.1) is 0 Å². The van der Waals surface area contributed by atoms with E-state index in [1.54, 1.807) is 38.1 Å². The third-order valence-electron chi connectivity index (χ3n) is 5.17. The maximum absolute atomic E-state index is 13.0. The molecule has 34 heavy (non-hydrogen) atoms. The highest BCUT2D eigenvalue weighted by molar-refractivity contribution is 5.94. The Labute approximate surface area is 199 Å². The fourth-order valence-corrected chi connectivity index (χ4v) is 3.22. The average molecular weight is 469 g/mol. The van der Waals surface area contributed by atoms with Crippen molar-refractivity contribution in [1.29, 1.82) is 0 Å². The SMILES string of the molecule is CC(C)(NC(=O)[C@H](Cc1ccccc1)NC(=O)CCC(N)=O)C(=O)NCCc1ccc(O)cc1. The molecule has 0 saturated heterocycles. The zero-order chi connectivity index (χ0) is 25.1. The number of carbonyl (C=O) groups is 4. The Kier molecular flexibility index (Phi) is 9.61. The number of hydrogen-bond acceptors (Lipinski definition) is 5. The molecule has 0 spiro atoms. The molecule has 9 nitrogen and oxygen atoms in total. The summed E-state index contributed by atoms with van der Waals surface area (Å²) < 4.78 is 0. The van der Waals surface area contributed by atoms with Crippen LogP contribution in [0.25, 0.3) is 0 Å². The van der Waals surface area contributed by atoms with Crippen molar-refractivity contribution in [3.63, 3.8) is 0 Å². The van der Waals surface area contributed by atoms with E-state index in [1.165, 1.54) is 0 Å². The van der Waals surface area contributed by atoms with Crippen molar-refractivity contribution in [2.75, 3.05) is 6.54 Å². The zero-order valence-electron chi connectivity index (χ0n) is 19.5. The topological polar surface area (TPSA) is 151 Å². The Morgan fingerprint density at radius 3 is 2.21 bits per heavy atom. The Morgan fingerprint density at radius 1 is 0.941 bits per heavy atom. The van der Waals surface area contributed by atoms with Crippen molar-refractivity contribution >= 4 is 23.6 Å². The molecule has 9 heteroatoms. The largest absolute Gasteiger partial charge is 0.508 e. The van der Waals surface area contributed by atoms with E-state index in [0.717, 1.165) is 11.1 Å². The van der Waals surface area contributed by atoms with Crippen LogP contribution in [0.5, 0.6) is 5.75 Å². The maximum Gasteiger partial charge on any atom is 0.245 e. The summed E-state index contributed by atoms with van der Waals surface area (Å²) in [4.78, 5) is 49.0. The summed E-state index contributed by atoms with van der Waals surface area (Å²) in [5.41, 5.74) is 5.64. The van der Waals surface area contributed by atoms with Crippen LogP contribution in [0.4, 0.5) is 0 Å². The fourth-order valence-electron chi connectivity index (χ4n) is 3.22. The third kappa shape index (κ3) is 8.93. The molecule has 0 unspecified atom stereocenters. The van der Waals surface area contributed by atoms with E-state index < -0.39 is 29.3 Å². The van der Waals surface area contributed by atoms with E-state index in [4.69, 9.17) is 5.73 Å². The second-order valence-corrected chi connectivity index (χ2v) is 8.56. The smallest absolute Gasteiger partial charge is 0.245 e. The van der Waals surface area contributed by atoms with Gasteiger partial charge in [0, 0.05) is 25.8 Å². The highest BCUT2D eigenvalue weighted by Gasteiger charge is 2.32. The van der Waals surface area contributed by atoms with Gasteiger partial charge < -0.3 is 26.8 Å². The van der Waals surface area contributed by atoms with Gasteiger partial charge in [0.05, 0.1) is 0 Å². The number of benzene rings is 2. The van der Waals surface area contributed by atoms with E-state index in [0.29, 0.717) is 13.0 Å². The number of aromatic hydroxyl groups is 1. The Hall–Kier alpha value is -3.88. The van der Waals surface area contributed by atoms with Gasteiger partial charge in [-0.2, -0.15) is 0 Å².